The number of hydrogen-bond donors (Lipinski definition) is 2. The van der Waals surface area contributed by atoms with Crippen molar-refractivity contribution in [1.29, 1.82) is 0 Å². The first-order valence-corrected chi connectivity index (χ1v) is 12.8. The van der Waals surface area contributed by atoms with Gasteiger partial charge in [-0.1, -0.05) is 6.07 Å². The van der Waals surface area contributed by atoms with E-state index in [1.165, 1.54) is 0 Å². The number of hydrazone groups is 1. The Labute approximate surface area is 213 Å². The predicted octanol–water partition coefficient (Wildman–Crippen LogP) is 2.52. The molecule has 0 spiro atoms. The van der Waals surface area contributed by atoms with E-state index in [-0.39, 0.29) is 11.3 Å². The van der Waals surface area contributed by atoms with Crippen molar-refractivity contribution in [2.75, 3.05) is 32.1 Å². The van der Waals surface area contributed by atoms with Gasteiger partial charge in [-0.15, -0.1) is 0 Å². The molecule has 4 heterocycles. The van der Waals surface area contributed by atoms with Gasteiger partial charge in [0.25, 0.3) is 11.5 Å². The minimum absolute atomic E-state index is 0.0987. The molecule has 3 aromatic rings. The van der Waals surface area contributed by atoms with E-state index in [9.17, 15) is 9.59 Å². The first-order valence-electron chi connectivity index (χ1n) is 12.1. The lowest BCUT2D eigenvalue weighted by Crippen LogP contribution is -2.46. The summed E-state index contributed by atoms with van der Waals surface area (Å²) in [4.78, 5) is 27.1. The van der Waals surface area contributed by atoms with Gasteiger partial charge in [-0.2, -0.15) is 13.8 Å². The van der Waals surface area contributed by atoms with Crippen molar-refractivity contribution in [3.63, 3.8) is 0 Å². The number of piperidine rings is 1. The minimum Gasteiger partial charge on any atom is -0.494 e. The van der Waals surface area contributed by atoms with Gasteiger partial charge < -0.3 is 14.6 Å². The van der Waals surface area contributed by atoms with Crippen LogP contribution in [0.5, 0.6) is 5.75 Å². The molecule has 2 aromatic heterocycles. The third kappa shape index (κ3) is 5.02. The van der Waals surface area contributed by atoms with Crippen molar-refractivity contribution < 1.29 is 9.53 Å². The second kappa shape index (κ2) is 10.6. The van der Waals surface area contributed by atoms with Gasteiger partial charge in [-0.05, 0) is 49.1 Å². The van der Waals surface area contributed by atoms with Crippen LogP contribution in [0.1, 0.15) is 46.6 Å². The summed E-state index contributed by atoms with van der Waals surface area (Å²) in [5.41, 5.74) is 5.89. The van der Waals surface area contributed by atoms with Crippen LogP contribution in [0, 0.1) is 5.92 Å². The molecule has 188 valence electrons. The van der Waals surface area contributed by atoms with E-state index in [0.717, 1.165) is 66.9 Å². The highest BCUT2D eigenvalue weighted by Gasteiger charge is 2.34. The summed E-state index contributed by atoms with van der Waals surface area (Å²) in [6.07, 6.45) is 2.73. The van der Waals surface area contributed by atoms with E-state index in [1.54, 1.807) is 19.3 Å². The molecule has 1 amide bonds. The summed E-state index contributed by atoms with van der Waals surface area (Å²) in [5, 5.41) is 6.95. The fraction of sp³-hybridized carbons (Fsp3) is 0.400. The van der Waals surface area contributed by atoms with E-state index in [0.29, 0.717) is 24.3 Å². The maximum Gasteiger partial charge on any atom is 0.294 e. The summed E-state index contributed by atoms with van der Waals surface area (Å²) in [6, 6.07) is 11.5. The second-order valence-electron chi connectivity index (χ2n) is 9.10. The summed E-state index contributed by atoms with van der Waals surface area (Å²) in [5.74, 6) is 1.65. The Morgan fingerprint density at radius 1 is 1.25 bits per heavy atom. The molecule has 11 heteroatoms. The lowest BCUT2D eigenvalue weighted by atomic mass is 9.83. The van der Waals surface area contributed by atoms with Gasteiger partial charge in [-0.3, -0.25) is 14.5 Å². The zero-order chi connectivity index (χ0) is 25.1. The molecule has 2 bridgehead atoms. The fourth-order valence-electron chi connectivity index (χ4n) is 5.19. The predicted molar refractivity (Wildman–Crippen MR) is 139 cm³/mol. The number of ether oxygens (including phenoxy) is 1. The quantitative estimate of drug-likeness (QED) is 0.356. The Balaban J connectivity index is 1.30. The Kier molecular flexibility index (Phi) is 7.10. The van der Waals surface area contributed by atoms with Crippen LogP contribution in [0.4, 0.5) is 5.82 Å². The topological polar surface area (TPSA) is 114 Å². The van der Waals surface area contributed by atoms with Crippen molar-refractivity contribution in [3.05, 3.63) is 69.3 Å². The molecule has 2 unspecified atom stereocenters. The zero-order valence-corrected chi connectivity index (χ0v) is 21.1. The normalized spacial score (nSPS) is 19.2. The van der Waals surface area contributed by atoms with Gasteiger partial charge in [0, 0.05) is 56.5 Å². The molecule has 1 aromatic carbocycles. The number of benzene rings is 1. The van der Waals surface area contributed by atoms with Crippen LogP contribution >= 0.6 is 11.7 Å². The molecule has 36 heavy (non-hydrogen) atoms. The van der Waals surface area contributed by atoms with E-state index in [4.69, 9.17) is 4.74 Å². The molecule has 5 rings (SSSR count). The van der Waals surface area contributed by atoms with Crippen LogP contribution in [-0.2, 0) is 13.1 Å². The Morgan fingerprint density at radius 3 is 2.97 bits per heavy atom. The number of nitrogens with zero attached hydrogens (tertiary/aromatic N) is 5. The van der Waals surface area contributed by atoms with Crippen molar-refractivity contribution in [1.82, 2.24) is 23.6 Å². The molecular weight excluding hydrogens is 478 g/mol. The largest absolute Gasteiger partial charge is 0.494 e. The van der Waals surface area contributed by atoms with E-state index in [2.05, 4.69) is 35.6 Å². The lowest BCUT2D eigenvalue weighted by molar-refractivity contribution is 0.0952. The smallest absolute Gasteiger partial charge is 0.294 e. The van der Waals surface area contributed by atoms with Crippen LogP contribution < -0.4 is 21.0 Å². The van der Waals surface area contributed by atoms with Gasteiger partial charge in [0.1, 0.15) is 5.75 Å². The molecule has 2 atom stereocenters. The summed E-state index contributed by atoms with van der Waals surface area (Å²) >= 11 is 0.966. The number of fused-ring (bicyclic) bond motifs is 4. The number of likely N-dealkylation sites (tertiary alicyclic amines) is 1. The van der Waals surface area contributed by atoms with Gasteiger partial charge >= 0.3 is 0 Å². The summed E-state index contributed by atoms with van der Waals surface area (Å²) in [6.45, 7) is 5.90. The molecule has 1 fully saturated rings. The van der Waals surface area contributed by atoms with Crippen LogP contribution in [0.2, 0.25) is 0 Å². The molecule has 0 saturated carbocycles. The highest BCUT2D eigenvalue weighted by Crippen LogP contribution is 2.36. The van der Waals surface area contributed by atoms with Crippen molar-refractivity contribution in [3.8, 4) is 5.75 Å². The molecular formula is C25H29N7O3S. The van der Waals surface area contributed by atoms with Crippen LogP contribution in [0.25, 0.3) is 0 Å². The van der Waals surface area contributed by atoms with Crippen LogP contribution in [0.3, 0.4) is 0 Å². The Hall–Kier alpha value is -3.57. The minimum atomic E-state index is -0.422. The number of nitrogens with one attached hydrogen (secondary N) is 2. The number of anilines is 1. The zero-order valence-electron chi connectivity index (χ0n) is 20.3. The highest BCUT2D eigenvalue weighted by molar-refractivity contribution is 6.99. The number of hydrogen-bond acceptors (Lipinski definition) is 9. The number of pyridine rings is 1. The third-order valence-corrected chi connectivity index (χ3v) is 7.18. The van der Waals surface area contributed by atoms with Gasteiger partial charge in [0.15, 0.2) is 11.5 Å². The summed E-state index contributed by atoms with van der Waals surface area (Å²) in [7, 11) is 1.69. The molecule has 2 N–H and O–H groups in total. The van der Waals surface area contributed by atoms with E-state index in [1.807, 2.05) is 35.8 Å². The SMILES string of the molecule is CCOc1ccc(/C=N/NC(=O)c2nsnc2NC)cc1CN1CC2CC(C1)c1cccc(=O)n1C2. The summed E-state index contributed by atoms with van der Waals surface area (Å²) < 4.78 is 15.9. The molecule has 2 aliphatic rings. The third-order valence-electron chi connectivity index (χ3n) is 6.65. The number of carbonyl (C=O) groups is 1. The van der Waals surface area contributed by atoms with Crippen molar-refractivity contribution in [2.24, 2.45) is 11.0 Å². The van der Waals surface area contributed by atoms with Crippen molar-refractivity contribution >= 4 is 29.7 Å². The van der Waals surface area contributed by atoms with Gasteiger partial charge in [-0.25, -0.2) is 5.43 Å². The average Bonchev–Trinajstić information content (AvgIpc) is 3.35. The first-order chi connectivity index (χ1) is 17.6. The fourth-order valence-corrected chi connectivity index (χ4v) is 5.74. The van der Waals surface area contributed by atoms with Crippen LogP contribution in [0.15, 0.2) is 46.3 Å². The Morgan fingerprint density at radius 2 is 2.14 bits per heavy atom. The monoisotopic (exact) mass is 507 g/mol. The molecule has 1 saturated heterocycles. The maximum atomic E-state index is 12.3. The molecule has 0 aliphatic carbocycles. The highest BCUT2D eigenvalue weighted by atomic mass is 32.1. The average molecular weight is 508 g/mol. The molecule has 0 radical (unpaired) electrons. The first kappa shape index (κ1) is 24.1. The van der Waals surface area contributed by atoms with Crippen molar-refractivity contribution in [2.45, 2.75) is 32.4 Å². The van der Waals surface area contributed by atoms with E-state index >= 15 is 0 Å². The molecule has 2 aliphatic heterocycles. The van der Waals surface area contributed by atoms with Gasteiger partial charge in [0.05, 0.1) is 24.5 Å². The van der Waals surface area contributed by atoms with Gasteiger partial charge in [0.2, 0.25) is 0 Å². The number of amides is 1. The molecule has 10 nitrogen and oxygen atoms in total. The standard InChI is InChI=1S/C25H29N7O3S/c1-3-35-21-8-7-16(11-27-28-25(34)23-24(26-2)30-36-29-23)9-19(21)15-31-12-17-10-18(14-31)20-5-4-6-22(33)32(20)13-17/h4-9,11,17-18H,3,10,12-15H2,1-2H3,(H,26,30)(H,28,34)/b27-11+. The number of aromatic nitrogens is 3. The maximum absolute atomic E-state index is 12.3. The van der Waals surface area contributed by atoms with E-state index < -0.39 is 5.91 Å². The second-order valence-corrected chi connectivity index (χ2v) is 9.63. The Bertz CT molecular complexity index is 1340. The number of rotatable bonds is 8. The van der Waals surface area contributed by atoms with Crippen LogP contribution in [-0.4, -0.2) is 57.1 Å². The lowest BCUT2D eigenvalue weighted by Gasteiger charge is -2.43. The number of carbonyl (C=O) groups excluding carboxylic acids is 1.